The van der Waals surface area contributed by atoms with E-state index in [1.165, 1.54) is 9.21 Å². The summed E-state index contributed by atoms with van der Waals surface area (Å²) in [6.07, 6.45) is -1.51. The zero-order valence-electron chi connectivity index (χ0n) is 21.3. The van der Waals surface area contributed by atoms with Crippen molar-refractivity contribution in [3.05, 3.63) is 29.8 Å². The van der Waals surface area contributed by atoms with Crippen molar-refractivity contribution in [3.8, 4) is 0 Å². The molecule has 12 heteroatoms. The van der Waals surface area contributed by atoms with Crippen LogP contribution in [0.4, 0.5) is 18.0 Å². The van der Waals surface area contributed by atoms with E-state index in [9.17, 15) is 31.2 Å². The number of hydrogen-bond acceptors (Lipinski definition) is 5. The second-order valence-corrected chi connectivity index (χ2v) is 13.1. The number of sulfonamides is 1. The van der Waals surface area contributed by atoms with Gasteiger partial charge in [0.1, 0.15) is 11.6 Å². The summed E-state index contributed by atoms with van der Waals surface area (Å²) < 4.78 is 71.7. The molecule has 8 nitrogen and oxygen atoms in total. The average molecular weight is 546 g/mol. The van der Waals surface area contributed by atoms with Crippen molar-refractivity contribution >= 4 is 22.0 Å². The van der Waals surface area contributed by atoms with Crippen molar-refractivity contribution in [1.82, 2.24) is 14.5 Å². The van der Waals surface area contributed by atoms with Crippen LogP contribution in [0.25, 0.3) is 0 Å². The minimum absolute atomic E-state index is 0.0443. The molecule has 0 radical (unpaired) electrons. The third-order valence-corrected chi connectivity index (χ3v) is 9.25. The first-order valence-electron chi connectivity index (χ1n) is 12.6. The molecule has 0 unspecified atom stereocenters. The van der Waals surface area contributed by atoms with E-state index in [0.29, 0.717) is 19.4 Å². The van der Waals surface area contributed by atoms with Gasteiger partial charge in [-0.05, 0) is 89.0 Å². The molecule has 1 aromatic carbocycles. The SMILES string of the molecule is CC(C)(C)OC(=O)N1CCCC[C@H]1C(=O)N[C@@H]1CC[C@H]2CN(S(=O)(=O)c3ccc(C(F)(F)F)cc3)C[C@H]21. The molecule has 0 aromatic heterocycles. The number of rotatable bonds is 4. The van der Waals surface area contributed by atoms with Crippen LogP contribution in [-0.2, 0) is 25.7 Å². The van der Waals surface area contributed by atoms with Crippen LogP contribution in [0.2, 0.25) is 0 Å². The molecule has 2 amide bonds. The molecule has 3 fully saturated rings. The highest BCUT2D eigenvalue weighted by Gasteiger charge is 2.47. The average Bonchev–Trinajstić information content (AvgIpc) is 3.40. The predicted octanol–water partition coefficient (Wildman–Crippen LogP) is 4.01. The quantitative estimate of drug-likeness (QED) is 0.617. The lowest BCUT2D eigenvalue weighted by Gasteiger charge is -2.36. The lowest BCUT2D eigenvalue weighted by Crippen LogP contribution is -2.55. The molecule has 37 heavy (non-hydrogen) atoms. The highest BCUT2D eigenvalue weighted by atomic mass is 32.2. The van der Waals surface area contributed by atoms with Crippen LogP contribution in [-0.4, -0.2) is 66.9 Å². The van der Waals surface area contributed by atoms with Gasteiger partial charge in [0.2, 0.25) is 15.9 Å². The summed E-state index contributed by atoms with van der Waals surface area (Å²) in [5.74, 6) is -0.324. The first-order chi connectivity index (χ1) is 17.2. The number of nitrogens with zero attached hydrogens (tertiary/aromatic N) is 2. The van der Waals surface area contributed by atoms with Crippen LogP contribution in [0.5, 0.6) is 0 Å². The van der Waals surface area contributed by atoms with Gasteiger partial charge in [-0.25, -0.2) is 13.2 Å². The van der Waals surface area contributed by atoms with Crippen LogP contribution in [0.15, 0.2) is 29.2 Å². The number of ether oxygens (including phenoxy) is 1. The fourth-order valence-corrected chi connectivity index (χ4v) is 7.12. The maximum Gasteiger partial charge on any atom is 0.416 e. The zero-order chi connectivity index (χ0) is 27.2. The molecule has 1 aromatic rings. The first kappa shape index (κ1) is 27.7. The molecule has 0 spiro atoms. The van der Waals surface area contributed by atoms with Crippen molar-refractivity contribution in [2.24, 2.45) is 11.8 Å². The minimum atomic E-state index is -4.55. The van der Waals surface area contributed by atoms with E-state index in [1.54, 1.807) is 20.8 Å². The maximum absolute atomic E-state index is 13.3. The molecule has 3 aliphatic rings. The number of likely N-dealkylation sites (tertiary alicyclic amines) is 1. The van der Waals surface area contributed by atoms with Crippen LogP contribution in [0, 0.1) is 11.8 Å². The van der Waals surface area contributed by atoms with E-state index >= 15 is 0 Å². The number of carbonyl (C=O) groups is 2. The summed E-state index contributed by atoms with van der Waals surface area (Å²) in [4.78, 5) is 27.2. The second-order valence-electron chi connectivity index (χ2n) is 11.1. The van der Waals surface area contributed by atoms with Crippen molar-refractivity contribution in [2.45, 2.75) is 81.6 Å². The highest BCUT2D eigenvalue weighted by molar-refractivity contribution is 7.89. The molecular formula is C25H34F3N3O5S. The smallest absolute Gasteiger partial charge is 0.416 e. The Hall–Kier alpha value is -2.34. The second kappa shape index (κ2) is 10.1. The van der Waals surface area contributed by atoms with E-state index in [0.717, 1.165) is 43.5 Å². The van der Waals surface area contributed by atoms with E-state index in [4.69, 9.17) is 4.74 Å². The molecule has 4 atom stereocenters. The molecule has 1 aliphatic carbocycles. The van der Waals surface area contributed by atoms with Gasteiger partial charge in [0.25, 0.3) is 0 Å². The third kappa shape index (κ3) is 6.05. The van der Waals surface area contributed by atoms with Gasteiger partial charge in [-0.2, -0.15) is 17.5 Å². The number of fused-ring (bicyclic) bond motifs is 1. The molecule has 0 bridgehead atoms. The Morgan fingerprint density at radius 2 is 1.68 bits per heavy atom. The lowest BCUT2D eigenvalue weighted by atomic mass is 9.96. The number of carbonyl (C=O) groups excluding carboxylic acids is 2. The van der Waals surface area contributed by atoms with Crippen molar-refractivity contribution in [3.63, 3.8) is 0 Å². The summed E-state index contributed by atoms with van der Waals surface area (Å²) in [6.45, 7) is 6.18. The standard InChI is InChI=1S/C25H34F3N3O5S/c1-24(2,3)36-23(33)31-13-5-4-6-21(31)22(32)29-20-12-7-16-14-30(15-19(16)20)37(34,35)18-10-8-17(9-11-18)25(26,27)28/h8-11,16,19-21H,4-7,12-15H2,1-3H3,(H,29,32)/t16-,19+,20+,21-/m0/s1. The lowest BCUT2D eigenvalue weighted by molar-refractivity contribution is -0.137. The summed E-state index contributed by atoms with van der Waals surface area (Å²) in [7, 11) is -3.97. The summed E-state index contributed by atoms with van der Waals surface area (Å²) in [5.41, 5.74) is -1.59. The van der Waals surface area contributed by atoms with Crippen LogP contribution < -0.4 is 5.32 Å². The van der Waals surface area contributed by atoms with Gasteiger partial charge in [-0.3, -0.25) is 9.69 Å². The largest absolute Gasteiger partial charge is 0.444 e. The van der Waals surface area contributed by atoms with E-state index < -0.39 is 39.5 Å². The Bertz CT molecular complexity index is 1120. The maximum atomic E-state index is 13.3. The van der Waals surface area contributed by atoms with Crippen LogP contribution >= 0.6 is 0 Å². The highest BCUT2D eigenvalue weighted by Crippen LogP contribution is 2.41. The summed E-state index contributed by atoms with van der Waals surface area (Å²) >= 11 is 0. The van der Waals surface area contributed by atoms with Crippen molar-refractivity contribution in [1.29, 1.82) is 0 Å². The van der Waals surface area contributed by atoms with Crippen molar-refractivity contribution in [2.75, 3.05) is 19.6 Å². The third-order valence-electron chi connectivity index (χ3n) is 7.40. The van der Waals surface area contributed by atoms with Crippen LogP contribution in [0.3, 0.4) is 0 Å². The van der Waals surface area contributed by atoms with Gasteiger partial charge in [-0.1, -0.05) is 0 Å². The van der Waals surface area contributed by atoms with E-state index in [2.05, 4.69) is 5.32 Å². The van der Waals surface area contributed by atoms with Crippen LogP contribution in [0.1, 0.15) is 58.4 Å². The molecule has 1 N–H and O–H groups in total. The Morgan fingerprint density at radius 1 is 1.00 bits per heavy atom. The number of halogens is 3. The van der Waals surface area contributed by atoms with Gasteiger partial charge < -0.3 is 10.1 Å². The fraction of sp³-hybridized carbons (Fsp3) is 0.680. The Kier molecular flexibility index (Phi) is 7.55. The number of piperidine rings is 1. The zero-order valence-corrected chi connectivity index (χ0v) is 22.1. The normalized spacial score (nSPS) is 27.1. The molecule has 2 heterocycles. The molecule has 2 aliphatic heterocycles. The molecule has 4 rings (SSSR count). The summed E-state index contributed by atoms with van der Waals surface area (Å²) in [6, 6.07) is 2.63. The Labute approximate surface area is 215 Å². The number of nitrogens with one attached hydrogen (secondary N) is 1. The minimum Gasteiger partial charge on any atom is -0.444 e. The fourth-order valence-electron chi connectivity index (χ4n) is 5.59. The molecule has 206 valence electrons. The molecule has 1 saturated carbocycles. The summed E-state index contributed by atoms with van der Waals surface area (Å²) in [5, 5.41) is 3.07. The Balaban J connectivity index is 1.41. The monoisotopic (exact) mass is 545 g/mol. The van der Waals surface area contributed by atoms with Crippen molar-refractivity contribution < 1.29 is 35.9 Å². The van der Waals surface area contributed by atoms with E-state index in [1.807, 2.05) is 0 Å². The molecular weight excluding hydrogens is 511 g/mol. The van der Waals surface area contributed by atoms with Gasteiger partial charge in [-0.15, -0.1) is 0 Å². The number of benzene rings is 1. The number of amides is 2. The van der Waals surface area contributed by atoms with Gasteiger partial charge in [0.15, 0.2) is 0 Å². The van der Waals surface area contributed by atoms with Gasteiger partial charge >= 0.3 is 12.3 Å². The number of alkyl halides is 3. The topological polar surface area (TPSA) is 96.0 Å². The Morgan fingerprint density at radius 3 is 2.30 bits per heavy atom. The predicted molar refractivity (Wildman–Crippen MR) is 129 cm³/mol. The van der Waals surface area contributed by atoms with Gasteiger partial charge in [0.05, 0.1) is 10.5 Å². The first-order valence-corrected chi connectivity index (χ1v) is 14.1. The van der Waals surface area contributed by atoms with E-state index in [-0.39, 0.29) is 41.8 Å². The van der Waals surface area contributed by atoms with Gasteiger partial charge in [0, 0.05) is 25.7 Å². The molecule has 2 saturated heterocycles. The number of hydrogen-bond donors (Lipinski definition) is 1.